The van der Waals surface area contributed by atoms with E-state index in [0.29, 0.717) is 6.04 Å². The summed E-state index contributed by atoms with van der Waals surface area (Å²) in [6.07, 6.45) is 0. The van der Waals surface area contributed by atoms with Crippen molar-refractivity contribution in [3.8, 4) is 0 Å². The van der Waals surface area contributed by atoms with Gasteiger partial charge in [0, 0.05) is 15.8 Å². The molecular weight excluding hydrogens is 226 g/mol. The molecule has 1 nitrogen and oxygen atoms in total. The summed E-state index contributed by atoms with van der Waals surface area (Å²) in [6, 6.07) is 17.7. The standard InChI is InChI=1S/C15H15NS/c1-11(2)16-12-7-3-5-9-14(12)17-15-10-6-4-8-13(15)16/h3-11H,1-2H3. The Balaban J connectivity index is 2.21. The van der Waals surface area contributed by atoms with Crippen LogP contribution in [0.25, 0.3) is 0 Å². The molecule has 0 aliphatic carbocycles. The normalized spacial score (nSPS) is 13.5. The van der Waals surface area contributed by atoms with E-state index in [4.69, 9.17) is 0 Å². The van der Waals surface area contributed by atoms with Crippen LogP contribution >= 0.6 is 11.8 Å². The van der Waals surface area contributed by atoms with Crippen LogP contribution < -0.4 is 4.90 Å². The van der Waals surface area contributed by atoms with Crippen molar-refractivity contribution < 1.29 is 0 Å². The Hall–Kier alpha value is -1.41. The van der Waals surface area contributed by atoms with Crippen LogP contribution in [0.2, 0.25) is 0 Å². The van der Waals surface area contributed by atoms with Crippen molar-refractivity contribution >= 4 is 23.1 Å². The first-order valence-electron chi connectivity index (χ1n) is 5.92. The monoisotopic (exact) mass is 241 g/mol. The number of hydrogen-bond acceptors (Lipinski definition) is 2. The zero-order valence-electron chi connectivity index (χ0n) is 10.1. The first-order valence-corrected chi connectivity index (χ1v) is 6.74. The number of nitrogens with zero attached hydrogens (tertiary/aromatic N) is 1. The van der Waals surface area contributed by atoms with Gasteiger partial charge in [0.2, 0.25) is 0 Å². The number of para-hydroxylation sites is 2. The van der Waals surface area contributed by atoms with E-state index in [2.05, 4.69) is 67.3 Å². The van der Waals surface area contributed by atoms with E-state index in [1.165, 1.54) is 21.2 Å². The largest absolute Gasteiger partial charge is 0.337 e. The predicted molar refractivity (Wildman–Crippen MR) is 74.3 cm³/mol. The van der Waals surface area contributed by atoms with Crippen LogP contribution in [-0.2, 0) is 0 Å². The van der Waals surface area contributed by atoms with Crippen LogP contribution in [0, 0.1) is 0 Å². The molecule has 3 rings (SSSR count). The van der Waals surface area contributed by atoms with Crippen molar-refractivity contribution in [3.63, 3.8) is 0 Å². The summed E-state index contributed by atoms with van der Waals surface area (Å²) in [4.78, 5) is 5.11. The van der Waals surface area contributed by atoms with Gasteiger partial charge in [-0.2, -0.15) is 0 Å². The molecule has 2 aromatic carbocycles. The van der Waals surface area contributed by atoms with Gasteiger partial charge in [0.05, 0.1) is 11.4 Å². The maximum absolute atomic E-state index is 2.42. The van der Waals surface area contributed by atoms with Gasteiger partial charge in [-0.25, -0.2) is 0 Å². The molecule has 0 amide bonds. The van der Waals surface area contributed by atoms with Gasteiger partial charge in [-0.15, -0.1) is 0 Å². The van der Waals surface area contributed by atoms with Crippen LogP contribution in [0.4, 0.5) is 11.4 Å². The summed E-state index contributed by atoms with van der Waals surface area (Å²) in [5, 5.41) is 0. The lowest BCUT2D eigenvalue weighted by Crippen LogP contribution is -2.27. The molecule has 0 saturated heterocycles. The lowest BCUT2D eigenvalue weighted by Gasteiger charge is -2.35. The Kier molecular flexibility index (Phi) is 2.60. The van der Waals surface area contributed by atoms with E-state index in [1.54, 1.807) is 0 Å². The van der Waals surface area contributed by atoms with Gasteiger partial charge < -0.3 is 4.90 Å². The molecule has 2 aromatic rings. The fourth-order valence-corrected chi connectivity index (χ4v) is 3.36. The van der Waals surface area contributed by atoms with E-state index in [1.807, 2.05) is 11.8 Å². The molecule has 1 aliphatic rings. The summed E-state index contributed by atoms with van der Waals surface area (Å²) in [5.74, 6) is 0. The molecule has 0 unspecified atom stereocenters. The second-order valence-electron chi connectivity index (χ2n) is 4.50. The molecule has 2 heteroatoms. The molecule has 1 heterocycles. The van der Waals surface area contributed by atoms with Gasteiger partial charge in [-0.1, -0.05) is 36.0 Å². The highest BCUT2D eigenvalue weighted by atomic mass is 32.2. The number of rotatable bonds is 1. The Morgan fingerprint density at radius 3 is 1.76 bits per heavy atom. The smallest absolute Gasteiger partial charge is 0.0555 e. The lowest BCUT2D eigenvalue weighted by molar-refractivity contribution is 0.773. The number of hydrogen-bond donors (Lipinski definition) is 0. The first-order chi connectivity index (χ1) is 8.27. The molecule has 0 atom stereocenters. The second kappa shape index (κ2) is 4.11. The van der Waals surface area contributed by atoms with Crippen molar-refractivity contribution in [2.45, 2.75) is 29.7 Å². The average Bonchev–Trinajstić information content (AvgIpc) is 2.35. The third-order valence-corrected chi connectivity index (χ3v) is 4.12. The third kappa shape index (κ3) is 1.73. The molecule has 0 saturated carbocycles. The van der Waals surface area contributed by atoms with Crippen LogP contribution in [-0.4, -0.2) is 6.04 Å². The SMILES string of the molecule is CC(C)N1c2ccccc2Sc2ccccc21. The molecule has 86 valence electrons. The summed E-state index contributed by atoms with van der Waals surface area (Å²) in [5.41, 5.74) is 2.65. The summed E-state index contributed by atoms with van der Waals surface area (Å²) in [7, 11) is 0. The fraction of sp³-hybridized carbons (Fsp3) is 0.200. The Labute approximate surface area is 106 Å². The average molecular weight is 241 g/mol. The summed E-state index contributed by atoms with van der Waals surface area (Å²) >= 11 is 1.86. The van der Waals surface area contributed by atoms with Gasteiger partial charge in [-0.3, -0.25) is 0 Å². The molecular formula is C15H15NS. The summed E-state index contributed by atoms with van der Waals surface area (Å²) < 4.78 is 0. The number of anilines is 2. The van der Waals surface area contributed by atoms with Crippen LogP contribution in [0.5, 0.6) is 0 Å². The minimum absolute atomic E-state index is 0.471. The lowest BCUT2D eigenvalue weighted by atomic mass is 10.2. The van der Waals surface area contributed by atoms with Crippen molar-refractivity contribution in [3.05, 3.63) is 48.5 Å². The Morgan fingerprint density at radius 1 is 0.824 bits per heavy atom. The number of benzene rings is 2. The predicted octanol–water partition coefficient (Wildman–Crippen LogP) is 4.70. The highest BCUT2D eigenvalue weighted by Gasteiger charge is 2.24. The van der Waals surface area contributed by atoms with Gasteiger partial charge in [0.15, 0.2) is 0 Å². The zero-order chi connectivity index (χ0) is 11.8. The highest BCUT2D eigenvalue weighted by molar-refractivity contribution is 7.99. The van der Waals surface area contributed by atoms with Crippen molar-refractivity contribution in [2.75, 3.05) is 4.90 Å². The molecule has 0 spiro atoms. The quantitative estimate of drug-likeness (QED) is 0.712. The zero-order valence-corrected chi connectivity index (χ0v) is 10.9. The van der Waals surface area contributed by atoms with Crippen LogP contribution in [0.3, 0.4) is 0 Å². The van der Waals surface area contributed by atoms with Crippen molar-refractivity contribution in [1.29, 1.82) is 0 Å². The maximum atomic E-state index is 2.42. The molecule has 1 aliphatic heterocycles. The topological polar surface area (TPSA) is 3.24 Å². The highest BCUT2D eigenvalue weighted by Crippen LogP contribution is 2.48. The van der Waals surface area contributed by atoms with Gasteiger partial charge in [0.25, 0.3) is 0 Å². The van der Waals surface area contributed by atoms with Gasteiger partial charge in [0.1, 0.15) is 0 Å². The van der Waals surface area contributed by atoms with Crippen molar-refractivity contribution in [1.82, 2.24) is 0 Å². The van der Waals surface area contributed by atoms with E-state index in [-0.39, 0.29) is 0 Å². The van der Waals surface area contributed by atoms with Crippen LogP contribution in [0.15, 0.2) is 58.3 Å². The molecule has 0 N–H and O–H groups in total. The third-order valence-electron chi connectivity index (χ3n) is 2.99. The first kappa shape index (κ1) is 10.7. The molecule has 0 bridgehead atoms. The number of fused-ring (bicyclic) bond motifs is 2. The molecule has 0 fully saturated rings. The molecule has 17 heavy (non-hydrogen) atoms. The van der Waals surface area contributed by atoms with Crippen molar-refractivity contribution in [2.24, 2.45) is 0 Å². The minimum atomic E-state index is 0.471. The van der Waals surface area contributed by atoms with E-state index >= 15 is 0 Å². The Morgan fingerprint density at radius 2 is 1.29 bits per heavy atom. The van der Waals surface area contributed by atoms with Gasteiger partial charge in [-0.05, 0) is 38.1 Å². The second-order valence-corrected chi connectivity index (χ2v) is 5.59. The van der Waals surface area contributed by atoms with Gasteiger partial charge >= 0.3 is 0 Å². The molecule has 0 aromatic heterocycles. The maximum Gasteiger partial charge on any atom is 0.0555 e. The Bertz CT molecular complexity index is 503. The fourth-order valence-electron chi connectivity index (χ4n) is 2.29. The van der Waals surface area contributed by atoms with E-state index in [9.17, 15) is 0 Å². The minimum Gasteiger partial charge on any atom is -0.337 e. The molecule has 0 radical (unpaired) electrons. The van der Waals surface area contributed by atoms with E-state index < -0.39 is 0 Å². The van der Waals surface area contributed by atoms with E-state index in [0.717, 1.165) is 0 Å². The summed E-state index contributed by atoms with van der Waals surface area (Å²) in [6.45, 7) is 4.48. The van der Waals surface area contributed by atoms with Crippen LogP contribution in [0.1, 0.15) is 13.8 Å².